The molecule has 3 N–H and O–H groups in total. The average molecular weight is 568 g/mol. The first-order valence-electron chi connectivity index (χ1n) is 13.9. The third-order valence-electron chi connectivity index (χ3n) is 7.83. The van der Waals surface area contributed by atoms with Crippen LogP contribution in [0.5, 0.6) is 0 Å². The molecule has 206 valence electrons. The monoisotopic (exact) mass is 566 g/mol. The highest BCUT2D eigenvalue weighted by molar-refractivity contribution is 6.34. The third-order valence-corrected chi connectivity index (χ3v) is 8.26. The first-order valence-corrected chi connectivity index (χ1v) is 14.7. The minimum absolute atomic E-state index is 0.0375. The summed E-state index contributed by atoms with van der Waals surface area (Å²) in [6, 6.07) is 19.2. The number of hydrogen-bond donors (Lipinski definition) is 3. The van der Waals surface area contributed by atoms with Gasteiger partial charge >= 0.3 is 0 Å². The SMILES string of the molecule is O=C(NC[C@@H]1CCN(Cc2cc(Cl)cc(Cl)c2)C(=O)[C@H](CNC2CCCCC2)N1)c1ccc2ccccc2c1. The maximum absolute atomic E-state index is 13.7. The van der Waals surface area contributed by atoms with Gasteiger partial charge in [-0.3, -0.25) is 9.59 Å². The molecule has 3 aromatic rings. The molecule has 1 aliphatic carbocycles. The fourth-order valence-electron chi connectivity index (χ4n) is 5.71. The molecule has 0 aromatic heterocycles. The summed E-state index contributed by atoms with van der Waals surface area (Å²) in [6.07, 6.45) is 6.77. The van der Waals surface area contributed by atoms with Crippen LogP contribution >= 0.6 is 23.2 Å². The number of amides is 2. The molecule has 2 atom stereocenters. The van der Waals surface area contributed by atoms with Crippen molar-refractivity contribution >= 4 is 45.8 Å². The fourth-order valence-corrected chi connectivity index (χ4v) is 6.28. The molecule has 3 aromatic carbocycles. The Bertz CT molecular complexity index is 1290. The molecule has 2 fully saturated rings. The van der Waals surface area contributed by atoms with Crippen LogP contribution in [0.4, 0.5) is 0 Å². The van der Waals surface area contributed by atoms with Gasteiger partial charge in [0.25, 0.3) is 5.91 Å². The van der Waals surface area contributed by atoms with Crippen molar-refractivity contribution in [2.45, 2.75) is 63.2 Å². The van der Waals surface area contributed by atoms with E-state index in [-0.39, 0.29) is 23.9 Å². The largest absolute Gasteiger partial charge is 0.350 e. The van der Waals surface area contributed by atoms with E-state index in [0.29, 0.717) is 47.8 Å². The van der Waals surface area contributed by atoms with Gasteiger partial charge < -0.3 is 20.9 Å². The number of rotatable bonds is 8. The second kappa shape index (κ2) is 13.1. The van der Waals surface area contributed by atoms with Gasteiger partial charge in [-0.1, -0.05) is 72.8 Å². The van der Waals surface area contributed by atoms with Crippen molar-refractivity contribution in [3.05, 3.63) is 81.8 Å². The normalized spacial score (nSPS) is 20.7. The Morgan fingerprint density at radius 3 is 2.41 bits per heavy atom. The van der Waals surface area contributed by atoms with Gasteiger partial charge in [0.1, 0.15) is 0 Å². The number of carbonyl (C=O) groups is 2. The number of nitrogens with one attached hydrogen (secondary N) is 3. The first kappa shape index (κ1) is 27.9. The smallest absolute Gasteiger partial charge is 0.251 e. The first-order chi connectivity index (χ1) is 18.9. The minimum atomic E-state index is -0.383. The van der Waals surface area contributed by atoms with E-state index >= 15 is 0 Å². The summed E-state index contributed by atoms with van der Waals surface area (Å²) in [5, 5.41) is 13.6. The fraction of sp³-hybridized carbons (Fsp3) is 0.419. The highest BCUT2D eigenvalue weighted by Crippen LogP contribution is 2.22. The summed E-state index contributed by atoms with van der Waals surface area (Å²) in [5.41, 5.74) is 1.54. The number of fused-ring (bicyclic) bond motifs is 1. The Labute approximate surface area is 240 Å². The molecule has 1 saturated heterocycles. The molecule has 0 bridgehead atoms. The molecule has 0 radical (unpaired) electrons. The third kappa shape index (κ3) is 7.52. The standard InChI is InChI=1S/C31H36Cl2N4O2/c32-25-14-21(15-26(33)17-25)20-37-13-12-28(36-29(31(37)39)19-34-27-8-2-1-3-9-27)18-35-30(38)24-11-10-22-6-4-5-7-23(22)16-24/h4-7,10-11,14-17,27-29,34,36H,1-3,8-9,12-13,18-20H2,(H,35,38)/t28-,29-/m0/s1. The molecule has 1 saturated carbocycles. The van der Waals surface area contributed by atoms with Crippen LogP contribution in [0, 0.1) is 0 Å². The summed E-state index contributed by atoms with van der Waals surface area (Å²) in [6.45, 7) is 2.02. The van der Waals surface area contributed by atoms with Crippen molar-refractivity contribution in [2.75, 3.05) is 19.6 Å². The molecule has 0 unspecified atom stereocenters. The second-order valence-electron chi connectivity index (χ2n) is 10.8. The van der Waals surface area contributed by atoms with Crippen molar-refractivity contribution in [1.82, 2.24) is 20.9 Å². The molecule has 5 rings (SSSR count). The Kier molecular flexibility index (Phi) is 9.40. The van der Waals surface area contributed by atoms with Gasteiger partial charge in [0.2, 0.25) is 5.91 Å². The maximum Gasteiger partial charge on any atom is 0.251 e. The lowest BCUT2D eigenvalue weighted by Crippen LogP contribution is -2.54. The van der Waals surface area contributed by atoms with E-state index in [0.717, 1.165) is 35.6 Å². The van der Waals surface area contributed by atoms with Crippen LogP contribution in [0.1, 0.15) is 54.4 Å². The molecule has 2 aliphatic rings. The van der Waals surface area contributed by atoms with Crippen molar-refractivity contribution < 1.29 is 9.59 Å². The number of hydrogen-bond acceptors (Lipinski definition) is 4. The second-order valence-corrected chi connectivity index (χ2v) is 11.6. The van der Waals surface area contributed by atoms with Gasteiger partial charge in [0.15, 0.2) is 0 Å². The minimum Gasteiger partial charge on any atom is -0.350 e. The summed E-state index contributed by atoms with van der Waals surface area (Å²) < 4.78 is 0. The van der Waals surface area contributed by atoms with Crippen LogP contribution in [-0.4, -0.2) is 54.5 Å². The lowest BCUT2D eigenvalue weighted by Gasteiger charge is -2.28. The van der Waals surface area contributed by atoms with E-state index in [9.17, 15) is 9.59 Å². The Morgan fingerprint density at radius 1 is 0.897 bits per heavy atom. The van der Waals surface area contributed by atoms with Crippen molar-refractivity contribution in [3.63, 3.8) is 0 Å². The lowest BCUT2D eigenvalue weighted by atomic mass is 9.95. The van der Waals surface area contributed by atoms with Crippen LogP contribution in [0.25, 0.3) is 10.8 Å². The van der Waals surface area contributed by atoms with Crippen molar-refractivity contribution in [3.8, 4) is 0 Å². The summed E-state index contributed by atoms with van der Waals surface area (Å²) in [7, 11) is 0. The number of nitrogens with zero attached hydrogens (tertiary/aromatic N) is 1. The molecule has 0 spiro atoms. The zero-order valence-electron chi connectivity index (χ0n) is 22.1. The Morgan fingerprint density at radius 2 is 1.64 bits per heavy atom. The Balaban J connectivity index is 1.26. The zero-order chi connectivity index (χ0) is 27.2. The van der Waals surface area contributed by atoms with E-state index in [1.807, 2.05) is 59.5 Å². The highest BCUT2D eigenvalue weighted by Gasteiger charge is 2.31. The summed E-state index contributed by atoms with van der Waals surface area (Å²) in [4.78, 5) is 28.6. The molecular weight excluding hydrogens is 531 g/mol. The molecule has 1 heterocycles. The van der Waals surface area contributed by atoms with Crippen LogP contribution in [0.3, 0.4) is 0 Å². The lowest BCUT2D eigenvalue weighted by molar-refractivity contribution is -0.133. The predicted octanol–water partition coefficient (Wildman–Crippen LogP) is 5.56. The van der Waals surface area contributed by atoms with Gasteiger partial charge in [-0.25, -0.2) is 0 Å². The maximum atomic E-state index is 13.7. The molecule has 8 heteroatoms. The summed E-state index contributed by atoms with van der Waals surface area (Å²) >= 11 is 12.5. The van der Waals surface area contributed by atoms with Crippen LogP contribution < -0.4 is 16.0 Å². The molecule has 1 aliphatic heterocycles. The van der Waals surface area contributed by atoms with Crippen LogP contribution in [0.2, 0.25) is 10.0 Å². The van der Waals surface area contributed by atoms with E-state index in [1.165, 1.54) is 19.3 Å². The van der Waals surface area contributed by atoms with E-state index in [2.05, 4.69) is 16.0 Å². The highest BCUT2D eigenvalue weighted by atomic mass is 35.5. The average Bonchev–Trinajstić information content (AvgIpc) is 3.08. The number of benzene rings is 3. The zero-order valence-corrected chi connectivity index (χ0v) is 23.6. The number of carbonyl (C=O) groups excluding carboxylic acids is 2. The molecular formula is C31H36Cl2N4O2. The van der Waals surface area contributed by atoms with Gasteiger partial charge in [-0.05, 0) is 65.9 Å². The molecule has 2 amide bonds. The quantitative estimate of drug-likeness (QED) is 0.334. The van der Waals surface area contributed by atoms with E-state index < -0.39 is 0 Å². The predicted molar refractivity (Wildman–Crippen MR) is 158 cm³/mol. The number of halogens is 2. The van der Waals surface area contributed by atoms with Gasteiger partial charge in [0, 0.05) is 53.9 Å². The van der Waals surface area contributed by atoms with Gasteiger partial charge in [0.05, 0.1) is 6.04 Å². The van der Waals surface area contributed by atoms with Gasteiger partial charge in [-0.2, -0.15) is 0 Å². The van der Waals surface area contributed by atoms with Crippen molar-refractivity contribution in [1.29, 1.82) is 0 Å². The van der Waals surface area contributed by atoms with E-state index in [1.54, 1.807) is 6.07 Å². The topological polar surface area (TPSA) is 73.5 Å². The molecule has 39 heavy (non-hydrogen) atoms. The Hall–Kier alpha value is -2.64. The van der Waals surface area contributed by atoms with Crippen LogP contribution in [-0.2, 0) is 11.3 Å². The van der Waals surface area contributed by atoms with E-state index in [4.69, 9.17) is 23.2 Å². The summed E-state index contributed by atoms with van der Waals surface area (Å²) in [5.74, 6) is -0.0572. The van der Waals surface area contributed by atoms with Gasteiger partial charge in [-0.15, -0.1) is 0 Å². The van der Waals surface area contributed by atoms with Crippen LogP contribution in [0.15, 0.2) is 60.7 Å². The van der Waals surface area contributed by atoms with Crippen molar-refractivity contribution in [2.24, 2.45) is 0 Å². The molecule has 6 nitrogen and oxygen atoms in total.